The summed E-state index contributed by atoms with van der Waals surface area (Å²) in [6.07, 6.45) is 6.67. The summed E-state index contributed by atoms with van der Waals surface area (Å²) in [7, 11) is 1.76. The molecule has 3 nitrogen and oxygen atoms in total. The van der Waals surface area contributed by atoms with Crippen LogP contribution < -0.4 is 0 Å². The molecule has 1 fully saturated rings. The average Bonchev–Trinajstić information content (AvgIpc) is 2.77. The molecule has 2 atom stereocenters. The van der Waals surface area contributed by atoms with E-state index >= 15 is 0 Å². The molecular weight excluding hydrogens is 236 g/mol. The molecule has 0 aromatic heterocycles. The van der Waals surface area contributed by atoms with Crippen molar-refractivity contribution in [1.29, 1.82) is 0 Å². The molecule has 106 valence electrons. The second-order valence-corrected chi connectivity index (χ2v) is 5.93. The van der Waals surface area contributed by atoms with E-state index in [4.69, 9.17) is 9.73 Å². The van der Waals surface area contributed by atoms with E-state index in [0.29, 0.717) is 18.6 Å². The minimum atomic E-state index is 0.262. The van der Waals surface area contributed by atoms with E-state index in [2.05, 4.69) is 44.7 Å². The summed E-state index contributed by atoms with van der Waals surface area (Å²) < 4.78 is 5.31. The smallest absolute Gasteiger partial charge is 0.104 e. The fraction of sp³-hybridized carbons (Fsp3) is 0.688. The third kappa shape index (κ3) is 2.92. The van der Waals surface area contributed by atoms with Gasteiger partial charge in [0.1, 0.15) is 5.84 Å². The van der Waals surface area contributed by atoms with Gasteiger partial charge in [-0.05, 0) is 32.3 Å². The number of fused-ring (bicyclic) bond motifs is 1. The molecule has 0 aromatic rings. The number of hydrogen-bond acceptors (Lipinski definition) is 2. The van der Waals surface area contributed by atoms with Crippen LogP contribution in [-0.4, -0.2) is 36.5 Å². The predicted molar refractivity (Wildman–Crippen MR) is 80.3 cm³/mol. The van der Waals surface area contributed by atoms with Crippen molar-refractivity contribution < 1.29 is 4.74 Å². The fourth-order valence-corrected chi connectivity index (χ4v) is 2.72. The zero-order valence-electron chi connectivity index (χ0n) is 12.8. The van der Waals surface area contributed by atoms with Crippen LogP contribution in [0.2, 0.25) is 0 Å². The third-order valence-corrected chi connectivity index (χ3v) is 4.20. The van der Waals surface area contributed by atoms with E-state index in [1.54, 1.807) is 7.11 Å². The Morgan fingerprint density at radius 3 is 2.74 bits per heavy atom. The number of nitrogens with zero attached hydrogens (tertiary/aromatic N) is 2. The van der Waals surface area contributed by atoms with Crippen molar-refractivity contribution in [2.24, 2.45) is 10.9 Å². The quantitative estimate of drug-likeness (QED) is 0.776. The lowest BCUT2D eigenvalue weighted by Crippen LogP contribution is -2.36. The molecule has 0 aromatic carbocycles. The first kappa shape index (κ1) is 14.3. The predicted octanol–water partition coefficient (Wildman–Crippen LogP) is 3.38. The zero-order chi connectivity index (χ0) is 14.0. The molecule has 0 N–H and O–H groups in total. The van der Waals surface area contributed by atoms with Crippen molar-refractivity contribution >= 4 is 5.84 Å². The minimum absolute atomic E-state index is 0.262. The Bertz CT molecular complexity index is 420. The molecule has 0 unspecified atom stereocenters. The number of methoxy groups -OCH3 is 1. The summed E-state index contributed by atoms with van der Waals surface area (Å²) >= 11 is 0. The topological polar surface area (TPSA) is 24.8 Å². The molecular formula is C16H26N2O. The Kier molecular flexibility index (Phi) is 4.46. The van der Waals surface area contributed by atoms with Gasteiger partial charge in [-0.1, -0.05) is 25.5 Å². The van der Waals surface area contributed by atoms with Crippen LogP contribution in [0.4, 0.5) is 0 Å². The molecule has 2 aliphatic heterocycles. The molecule has 0 saturated carbocycles. The van der Waals surface area contributed by atoms with Crippen LogP contribution in [0.15, 0.2) is 28.4 Å². The van der Waals surface area contributed by atoms with Crippen molar-refractivity contribution in [3.63, 3.8) is 0 Å². The van der Waals surface area contributed by atoms with Gasteiger partial charge in [-0.15, -0.1) is 0 Å². The van der Waals surface area contributed by atoms with Gasteiger partial charge in [0.2, 0.25) is 0 Å². The van der Waals surface area contributed by atoms with Crippen molar-refractivity contribution in [3.8, 4) is 0 Å². The molecule has 2 aliphatic rings. The molecule has 0 bridgehead atoms. The third-order valence-electron chi connectivity index (χ3n) is 4.20. The summed E-state index contributed by atoms with van der Waals surface area (Å²) in [5.74, 6) is 1.75. The summed E-state index contributed by atoms with van der Waals surface area (Å²) in [5.41, 5.74) is 2.82. The molecule has 0 radical (unpaired) electrons. The van der Waals surface area contributed by atoms with E-state index in [1.165, 1.54) is 17.1 Å². The maximum atomic E-state index is 5.31. The number of amidine groups is 1. The summed E-state index contributed by atoms with van der Waals surface area (Å²) in [5, 5.41) is 0. The van der Waals surface area contributed by atoms with Crippen molar-refractivity contribution in [2.75, 3.05) is 13.7 Å². The minimum Gasteiger partial charge on any atom is -0.382 e. The number of hydrogen-bond donors (Lipinski definition) is 0. The molecule has 0 aliphatic carbocycles. The largest absolute Gasteiger partial charge is 0.382 e. The summed E-state index contributed by atoms with van der Waals surface area (Å²) in [6, 6.07) is 0.703. The van der Waals surface area contributed by atoms with E-state index in [1.807, 2.05) is 0 Å². The molecule has 2 heterocycles. The van der Waals surface area contributed by atoms with Gasteiger partial charge in [-0.3, -0.25) is 4.99 Å². The van der Waals surface area contributed by atoms with Crippen LogP contribution in [0.25, 0.3) is 0 Å². The normalized spacial score (nSPS) is 26.5. The highest BCUT2D eigenvalue weighted by atomic mass is 16.5. The van der Waals surface area contributed by atoms with E-state index < -0.39 is 0 Å². The summed E-state index contributed by atoms with van der Waals surface area (Å²) in [6.45, 7) is 9.59. The van der Waals surface area contributed by atoms with Crippen LogP contribution in [0.5, 0.6) is 0 Å². The van der Waals surface area contributed by atoms with Gasteiger partial charge >= 0.3 is 0 Å². The van der Waals surface area contributed by atoms with E-state index in [-0.39, 0.29) is 6.04 Å². The maximum absolute atomic E-state index is 5.31. The number of aliphatic imine (C=N–C) groups is 1. The highest BCUT2D eigenvalue weighted by Crippen LogP contribution is 2.32. The van der Waals surface area contributed by atoms with Gasteiger partial charge in [0, 0.05) is 19.2 Å². The van der Waals surface area contributed by atoms with Crippen molar-refractivity contribution in [2.45, 2.75) is 52.6 Å². The maximum Gasteiger partial charge on any atom is 0.104 e. The first-order chi connectivity index (χ1) is 9.04. The number of ether oxygens (including phenoxy) is 1. The Hall–Kier alpha value is -1.09. The van der Waals surface area contributed by atoms with Gasteiger partial charge in [-0.25, -0.2) is 0 Å². The van der Waals surface area contributed by atoms with E-state index in [0.717, 1.165) is 12.8 Å². The Morgan fingerprint density at radius 2 is 2.11 bits per heavy atom. The van der Waals surface area contributed by atoms with Crippen LogP contribution in [0.1, 0.15) is 40.5 Å². The second-order valence-electron chi connectivity index (χ2n) is 5.93. The highest BCUT2D eigenvalue weighted by Gasteiger charge is 2.31. The Morgan fingerprint density at radius 1 is 1.37 bits per heavy atom. The first-order valence-electron chi connectivity index (χ1n) is 7.26. The van der Waals surface area contributed by atoms with Crippen LogP contribution >= 0.6 is 0 Å². The molecule has 2 rings (SSSR count). The fourth-order valence-electron chi connectivity index (χ4n) is 2.72. The molecule has 0 spiro atoms. The molecule has 19 heavy (non-hydrogen) atoms. The average molecular weight is 262 g/mol. The van der Waals surface area contributed by atoms with Gasteiger partial charge in [0.25, 0.3) is 0 Å². The first-order valence-corrected chi connectivity index (χ1v) is 7.26. The zero-order valence-corrected chi connectivity index (χ0v) is 12.8. The highest BCUT2D eigenvalue weighted by molar-refractivity contribution is 5.88. The molecule has 3 heteroatoms. The lowest BCUT2D eigenvalue weighted by molar-refractivity contribution is 0.164. The number of rotatable bonds is 4. The van der Waals surface area contributed by atoms with Crippen LogP contribution in [-0.2, 0) is 4.74 Å². The SMILES string of the molecule is COC[C@@H](N=C1CCC2=CC=C(C)[C@@H](C)N21)C(C)C. The van der Waals surface area contributed by atoms with Gasteiger partial charge in [0.05, 0.1) is 18.7 Å². The van der Waals surface area contributed by atoms with Gasteiger partial charge in [-0.2, -0.15) is 0 Å². The molecule has 1 saturated heterocycles. The Balaban J connectivity index is 2.22. The van der Waals surface area contributed by atoms with Crippen LogP contribution in [0.3, 0.4) is 0 Å². The summed E-state index contributed by atoms with van der Waals surface area (Å²) in [4.78, 5) is 7.40. The second kappa shape index (κ2) is 5.91. The standard InChI is InChI=1S/C16H26N2O/c1-11(2)15(10-19-5)17-16-9-8-14-7-6-12(3)13(4)18(14)16/h6-7,11,13,15H,8-10H2,1-5H3/t13-,15-/m1/s1. The Labute approximate surface area is 117 Å². The number of allylic oxidation sites excluding steroid dienone is 3. The van der Waals surface area contributed by atoms with Crippen molar-refractivity contribution in [3.05, 3.63) is 23.4 Å². The monoisotopic (exact) mass is 262 g/mol. The lowest BCUT2D eigenvalue weighted by Gasteiger charge is -2.32. The lowest BCUT2D eigenvalue weighted by atomic mass is 10.0. The van der Waals surface area contributed by atoms with Crippen molar-refractivity contribution in [1.82, 2.24) is 4.90 Å². The van der Waals surface area contributed by atoms with Crippen LogP contribution in [0, 0.1) is 5.92 Å². The van der Waals surface area contributed by atoms with E-state index in [9.17, 15) is 0 Å². The van der Waals surface area contributed by atoms with Gasteiger partial charge in [0.15, 0.2) is 0 Å². The van der Waals surface area contributed by atoms with Gasteiger partial charge < -0.3 is 9.64 Å². The molecule has 0 amide bonds.